The topological polar surface area (TPSA) is 121 Å². The number of rotatable bonds is 10. The van der Waals surface area contributed by atoms with Gasteiger partial charge in [-0.25, -0.2) is 21.6 Å². The van der Waals surface area contributed by atoms with Crippen molar-refractivity contribution in [1.82, 2.24) is 13.9 Å². The number of sulfonamides is 2. The van der Waals surface area contributed by atoms with E-state index in [9.17, 15) is 26.4 Å². The monoisotopic (exact) mass is 609 g/mol. The van der Waals surface area contributed by atoms with Gasteiger partial charge in [0.05, 0.1) is 20.9 Å². The zero-order chi connectivity index (χ0) is 30.1. The van der Waals surface area contributed by atoms with Gasteiger partial charge in [-0.15, -0.1) is 0 Å². The maximum atomic E-state index is 14.1. The fraction of sp³-hybridized carbons (Fsp3) is 0.355. The molecule has 1 aliphatic heterocycles. The summed E-state index contributed by atoms with van der Waals surface area (Å²) in [6.07, 6.45) is 2.65. The van der Waals surface area contributed by atoms with Gasteiger partial charge >= 0.3 is 0 Å². The lowest BCUT2D eigenvalue weighted by molar-refractivity contribution is 0.0648. The van der Waals surface area contributed by atoms with E-state index in [1.165, 1.54) is 4.31 Å². The van der Waals surface area contributed by atoms with Crippen LogP contribution in [0.25, 0.3) is 0 Å². The molecule has 2 aliphatic rings. The lowest BCUT2D eigenvalue weighted by atomic mass is 9.91. The Morgan fingerprint density at radius 1 is 0.762 bits per heavy atom. The number of benzene rings is 3. The van der Waals surface area contributed by atoms with Crippen LogP contribution in [-0.4, -0.2) is 63.0 Å². The second kappa shape index (κ2) is 12.1. The third-order valence-electron chi connectivity index (χ3n) is 8.00. The van der Waals surface area contributed by atoms with Crippen molar-refractivity contribution in [3.8, 4) is 0 Å². The second-order valence-corrected chi connectivity index (χ2v) is 14.6. The van der Waals surface area contributed by atoms with Crippen molar-refractivity contribution in [2.45, 2.75) is 67.8 Å². The van der Waals surface area contributed by atoms with Crippen LogP contribution in [0.15, 0.2) is 82.6 Å². The normalized spacial score (nSPS) is 19.4. The molecule has 3 aromatic carbocycles. The summed E-state index contributed by atoms with van der Waals surface area (Å²) in [6, 6.07) is 18.4. The summed E-state index contributed by atoms with van der Waals surface area (Å²) in [5.41, 5.74) is 2.51. The molecule has 5 rings (SSSR count). The van der Waals surface area contributed by atoms with Crippen molar-refractivity contribution < 1.29 is 26.4 Å². The molecule has 0 aromatic heterocycles. The van der Waals surface area contributed by atoms with E-state index in [4.69, 9.17) is 0 Å². The minimum absolute atomic E-state index is 0.0110. The van der Waals surface area contributed by atoms with E-state index in [1.54, 1.807) is 72.8 Å². The first kappa shape index (κ1) is 30.1. The van der Waals surface area contributed by atoms with Crippen molar-refractivity contribution >= 4 is 31.9 Å². The van der Waals surface area contributed by atoms with Crippen LogP contribution in [-0.2, 0) is 20.0 Å². The second-order valence-electron chi connectivity index (χ2n) is 11.0. The highest BCUT2D eigenvalue weighted by molar-refractivity contribution is 7.89. The Kier molecular flexibility index (Phi) is 8.66. The predicted molar refractivity (Wildman–Crippen MR) is 159 cm³/mol. The smallest absolute Gasteiger partial charge is 0.261 e. The van der Waals surface area contributed by atoms with Gasteiger partial charge in [0.1, 0.15) is 0 Å². The lowest BCUT2D eigenvalue weighted by Crippen LogP contribution is -2.55. The molecule has 1 heterocycles. The van der Waals surface area contributed by atoms with Crippen LogP contribution in [0.4, 0.5) is 0 Å². The van der Waals surface area contributed by atoms with E-state index in [2.05, 4.69) is 4.72 Å². The number of hydrogen-bond donors (Lipinski definition) is 1. The van der Waals surface area contributed by atoms with Crippen molar-refractivity contribution in [2.75, 3.05) is 13.1 Å². The SMILES string of the molecule is Cc1ccc(S(=O)(=O)N[C@@H]2CCCC[C@H]2N(CCCN2C(=O)c3ccccc3C2=O)S(=O)(=O)c2ccc(C)cc2)cc1. The van der Waals surface area contributed by atoms with Crippen molar-refractivity contribution in [3.63, 3.8) is 0 Å². The maximum Gasteiger partial charge on any atom is 0.261 e. The van der Waals surface area contributed by atoms with Gasteiger partial charge < -0.3 is 0 Å². The molecule has 0 unspecified atom stereocenters. The van der Waals surface area contributed by atoms with E-state index < -0.39 is 43.9 Å². The number of carbonyl (C=O) groups is 2. The highest BCUT2D eigenvalue weighted by Crippen LogP contribution is 2.30. The molecule has 2 atom stereocenters. The molecule has 1 saturated carbocycles. The van der Waals surface area contributed by atoms with Gasteiger partial charge in [-0.05, 0) is 69.5 Å². The first-order valence-electron chi connectivity index (χ1n) is 14.1. The van der Waals surface area contributed by atoms with Crippen LogP contribution in [0.3, 0.4) is 0 Å². The third kappa shape index (κ3) is 6.05. The summed E-state index contributed by atoms with van der Waals surface area (Å²) in [5.74, 6) is -0.796. The number of nitrogens with one attached hydrogen (secondary N) is 1. The zero-order valence-corrected chi connectivity index (χ0v) is 25.3. The molecule has 3 aromatic rings. The maximum absolute atomic E-state index is 14.1. The van der Waals surface area contributed by atoms with Gasteiger partial charge in [-0.1, -0.05) is 60.4 Å². The van der Waals surface area contributed by atoms with Crippen LogP contribution < -0.4 is 4.72 Å². The highest BCUT2D eigenvalue weighted by atomic mass is 32.2. The Hall–Kier alpha value is -3.38. The van der Waals surface area contributed by atoms with Gasteiger partial charge in [-0.2, -0.15) is 4.31 Å². The highest BCUT2D eigenvalue weighted by Gasteiger charge is 2.40. The summed E-state index contributed by atoms with van der Waals surface area (Å²) in [6.45, 7) is 3.79. The first-order chi connectivity index (χ1) is 20.0. The molecule has 1 fully saturated rings. The van der Waals surface area contributed by atoms with E-state index >= 15 is 0 Å². The van der Waals surface area contributed by atoms with Gasteiger partial charge in [-0.3, -0.25) is 14.5 Å². The summed E-state index contributed by atoms with van der Waals surface area (Å²) in [4.78, 5) is 27.2. The molecule has 0 bridgehead atoms. The summed E-state index contributed by atoms with van der Waals surface area (Å²) < 4.78 is 59.1. The van der Waals surface area contributed by atoms with Crippen molar-refractivity contribution in [1.29, 1.82) is 0 Å². The Labute approximate surface area is 247 Å². The van der Waals surface area contributed by atoms with E-state index in [-0.39, 0.29) is 29.3 Å². The Bertz CT molecular complexity index is 1650. The predicted octanol–water partition coefficient (Wildman–Crippen LogP) is 4.27. The lowest BCUT2D eigenvalue weighted by Gasteiger charge is -2.39. The molecule has 0 spiro atoms. The third-order valence-corrected chi connectivity index (χ3v) is 11.4. The van der Waals surface area contributed by atoms with Gasteiger partial charge in [0.2, 0.25) is 20.0 Å². The number of aryl methyl sites for hydroxylation is 2. The quantitative estimate of drug-likeness (QED) is 0.343. The molecule has 2 amide bonds. The Balaban J connectivity index is 1.42. The summed E-state index contributed by atoms with van der Waals surface area (Å²) >= 11 is 0. The number of imide groups is 1. The molecular weight excluding hydrogens is 574 g/mol. The van der Waals surface area contributed by atoms with Crippen LogP contribution in [0.2, 0.25) is 0 Å². The van der Waals surface area contributed by atoms with E-state index in [0.29, 0.717) is 24.0 Å². The average Bonchev–Trinajstić information content (AvgIpc) is 3.21. The largest absolute Gasteiger partial charge is 0.274 e. The zero-order valence-electron chi connectivity index (χ0n) is 23.7. The number of amides is 2. The van der Waals surface area contributed by atoms with Crippen LogP contribution >= 0.6 is 0 Å². The molecule has 1 N–H and O–H groups in total. The van der Waals surface area contributed by atoms with Gasteiger partial charge in [0, 0.05) is 25.2 Å². The molecule has 1 aliphatic carbocycles. The molecular formula is C31H35N3O6S2. The average molecular weight is 610 g/mol. The minimum Gasteiger partial charge on any atom is -0.274 e. The number of nitrogens with zero attached hydrogens (tertiary/aromatic N) is 2. The molecule has 9 nitrogen and oxygen atoms in total. The molecule has 42 heavy (non-hydrogen) atoms. The van der Waals surface area contributed by atoms with Gasteiger partial charge in [0.15, 0.2) is 0 Å². The first-order valence-corrected chi connectivity index (χ1v) is 17.0. The molecule has 222 valence electrons. The van der Waals surface area contributed by atoms with Crippen molar-refractivity contribution in [3.05, 3.63) is 95.1 Å². The summed E-state index contributed by atoms with van der Waals surface area (Å²) in [5, 5.41) is 0. The van der Waals surface area contributed by atoms with Crippen LogP contribution in [0, 0.1) is 13.8 Å². The van der Waals surface area contributed by atoms with E-state index in [1.807, 2.05) is 13.8 Å². The van der Waals surface area contributed by atoms with Crippen LogP contribution in [0.5, 0.6) is 0 Å². The van der Waals surface area contributed by atoms with Crippen LogP contribution in [0.1, 0.15) is 63.9 Å². The summed E-state index contributed by atoms with van der Waals surface area (Å²) in [7, 11) is -7.95. The fourth-order valence-corrected chi connectivity index (χ4v) is 8.75. The molecule has 0 radical (unpaired) electrons. The Morgan fingerprint density at radius 2 is 1.29 bits per heavy atom. The standard InChI is InChI=1S/C31H35N3O6S2/c1-22-12-16-24(17-13-22)41(37,38)32-28-10-5-6-11-29(28)34(42(39,40)25-18-14-23(2)15-19-25)21-7-20-33-30(35)26-8-3-4-9-27(26)31(33)36/h3-4,8-9,12-19,28-29,32H,5-7,10-11,20-21H2,1-2H3/t28-,29-/m1/s1. The number of hydrogen-bond acceptors (Lipinski definition) is 6. The van der Waals surface area contributed by atoms with Gasteiger partial charge in [0.25, 0.3) is 11.8 Å². The minimum atomic E-state index is -4.04. The Morgan fingerprint density at radius 3 is 1.86 bits per heavy atom. The number of carbonyl (C=O) groups excluding carboxylic acids is 2. The van der Waals surface area contributed by atoms with E-state index in [0.717, 1.165) is 28.9 Å². The van der Waals surface area contributed by atoms with Crippen molar-refractivity contribution in [2.24, 2.45) is 0 Å². The fourth-order valence-electron chi connectivity index (χ4n) is 5.71. The number of fused-ring (bicyclic) bond motifs is 1. The molecule has 0 saturated heterocycles. The molecule has 11 heteroatoms.